The maximum atomic E-state index is 14.0. The second-order valence-corrected chi connectivity index (χ2v) is 6.77. The molecule has 0 fully saturated rings. The summed E-state index contributed by atoms with van der Waals surface area (Å²) in [6, 6.07) is 22.1. The third kappa shape index (κ3) is 3.96. The summed E-state index contributed by atoms with van der Waals surface area (Å²) >= 11 is 0. The van der Waals surface area contributed by atoms with Gasteiger partial charge in [0.15, 0.2) is 5.82 Å². The Morgan fingerprint density at radius 1 is 0.967 bits per heavy atom. The Morgan fingerprint density at radius 3 is 2.30 bits per heavy atom. The van der Waals surface area contributed by atoms with Gasteiger partial charge in [-0.1, -0.05) is 54.6 Å². The summed E-state index contributed by atoms with van der Waals surface area (Å²) in [5, 5.41) is 4.42. The van der Waals surface area contributed by atoms with E-state index in [-0.39, 0.29) is 17.9 Å². The number of rotatable bonds is 5. The molecule has 0 aliphatic heterocycles. The van der Waals surface area contributed by atoms with Crippen molar-refractivity contribution in [3.63, 3.8) is 0 Å². The number of hydrogen-bond donors (Lipinski definition) is 0. The van der Waals surface area contributed by atoms with Gasteiger partial charge in [-0.05, 0) is 18.2 Å². The average Bonchev–Trinajstić information content (AvgIpc) is 3.22. The zero-order valence-corrected chi connectivity index (χ0v) is 16.2. The minimum absolute atomic E-state index is 0.0114. The summed E-state index contributed by atoms with van der Waals surface area (Å²) in [6.07, 6.45) is 0. The predicted octanol–water partition coefficient (Wildman–Crippen LogP) is 4.48. The molecule has 0 spiro atoms. The monoisotopic (exact) mass is 404 g/mol. The molecule has 5 nitrogen and oxygen atoms in total. The lowest BCUT2D eigenvalue weighted by Gasteiger charge is -2.15. The van der Waals surface area contributed by atoms with Crippen LogP contribution in [0.1, 0.15) is 16.2 Å². The molecule has 150 valence electrons. The molecule has 0 saturated carbocycles. The molecule has 0 atom stereocenters. The summed E-state index contributed by atoms with van der Waals surface area (Å²) < 4.78 is 28.7. The summed E-state index contributed by atoms with van der Waals surface area (Å²) in [5.74, 6) is -1.33. The highest BCUT2D eigenvalue weighted by Gasteiger charge is 2.22. The molecule has 30 heavy (non-hydrogen) atoms. The van der Waals surface area contributed by atoms with Gasteiger partial charge in [0, 0.05) is 30.8 Å². The fraction of sp³-hybridized carbons (Fsp3) is 0.0870. The lowest BCUT2D eigenvalue weighted by atomic mass is 10.2. The molecule has 0 saturated heterocycles. The van der Waals surface area contributed by atoms with Crippen molar-refractivity contribution < 1.29 is 13.6 Å². The summed E-state index contributed by atoms with van der Waals surface area (Å²) in [5.41, 5.74) is 1.77. The zero-order valence-electron chi connectivity index (χ0n) is 16.2. The van der Waals surface area contributed by atoms with Gasteiger partial charge in [0.2, 0.25) is 5.82 Å². The van der Waals surface area contributed by atoms with Gasteiger partial charge in [-0.15, -0.1) is 5.10 Å². The minimum atomic E-state index is -0.706. The first-order valence-corrected chi connectivity index (χ1v) is 9.30. The van der Waals surface area contributed by atoms with Gasteiger partial charge in [-0.2, -0.15) is 0 Å². The van der Waals surface area contributed by atoms with E-state index in [1.807, 2.05) is 60.7 Å². The molecule has 4 aromatic rings. The Morgan fingerprint density at radius 2 is 1.63 bits per heavy atom. The van der Waals surface area contributed by atoms with Gasteiger partial charge in [0.1, 0.15) is 11.6 Å². The van der Waals surface area contributed by atoms with Crippen molar-refractivity contribution in [2.45, 2.75) is 6.54 Å². The first kappa shape index (κ1) is 19.4. The molecular weight excluding hydrogens is 386 g/mol. The molecule has 0 unspecified atom stereocenters. The molecule has 0 N–H and O–H groups in total. The fourth-order valence-corrected chi connectivity index (χ4v) is 3.07. The van der Waals surface area contributed by atoms with E-state index >= 15 is 0 Å². The number of carbonyl (C=O) groups excluding carboxylic acids is 1. The lowest BCUT2D eigenvalue weighted by Crippen LogP contribution is -2.27. The van der Waals surface area contributed by atoms with E-state index in [2.05, 4.69) is 10.1 Å². The van der Waals surface area contributed by atoms with Crippen LogP contribution in [0, 0.1) is 11.6 Å². The molecule has 3 aromatic carbocycles. The van der Waals surface area contributed by atoms with Crippen LogP contribution in [0.25, 0.3) is 17.1 Å². The van der Waals surface area contributed by atoms with Crippen molar-refractivity contribution in [3.05, 3.63) is 102 Å². The van der Waals surface area contributed by atoms with Crippen molar-refractivity contribution in [2.24, 2.45) is 0 Å². The predicted molar refractivity (Wildman–Crippen MR) is 109 cm³/mol. The largest absolute Gasteiger partial charge is 0.334 e. The Balaban J connectivity index is 1.68. The van der Waals surface area contributed by atoms with Crippen LogP contribution in [0.5, 0.6) is 0 Å². The standard InChI is InChI=1S/C23H18F2N4O/c1-28(15-17-12-13-18(24)14-20(17)25)23(30)21-26-22(16-8-4-2-5-9-16)29(27-21)19-10-6-3-7-11-19/h2-14H,15H2,1H3. The van der Waals surface area contributed by atoms with Crippen molar-refractivity contribution in [1.82, 2.24) is 19.7 Å². The second kappa shape index (κ2) is 8.24. The highest BCUT2D eigenvalue weighted by molar-refractivity contribution is 5.90. The van der Waals surface area contributed by atoms with Gasteiger partial charge in [0.05, 0.1) is 5.69 Å². The number of nitrogens with zero attached hydrogens (tertiary/aromatic N) is 4. The van der Waals surface area contributed by atoms with Crippen LogP contribution in [0.4, 0.5) is 8.78 Å². The van der Waals surface area contributed by atoms with Crippen LogP contribution in [0.15, 0.2) is 78.9 Å². The van der Waals surface area contributed by atoms with Gasteiger partial charge in [0.25, 0.3) is 5.91 Å². The Hall–Kier alpha value is -3.87. The first-order chi connectivity index (χ1) is 14.5. The van der Waals surface area contributed by atoms with Crippen LogP contribution in [-0.4, -0.2) is 32.6 Å². The number of carbonyl (C=O) groups is 1. The molecule has 4 rings (SSSR count). The Labute approximate surface area is 172 Å². The van der Waals surface area contributed by atoms with Crippen LogP contribution in [0.2, 0.25) is 0 Å². The SMILES string of the molecule is CN(Cc1ccc(F)cc1F)C(=O)c1nc(-c2ccccc2)n(-c2ccccc2)n1. The van der Waals surface area contributed by atoms with Gasteiger partial charge < -0.3 is 4.90 Å². The number of halogens is 2. The third-order valence-corrected chi connectivity index (χ3v) is 4.60. The number of para-hydroxylation sites is 1. The minimum Gasteiger partial charge on any atom is -0.334 e. The number of aromatic nitrogens is 3. The van der Waals surface area contributed by atoms with Crippen molar-refractivity contribution in [3.8, 4) is 17.1 Å². The van der Waals surface area contributed by atoms with Crippen molar-refractivity contribution >= 4 is 5.91 Å². The molecule has 1 amide bonds. The normalized spacial score (nSPS) is 10.8. The van der Waals surface area contributed by atoms with E-state index in [4.69, 9.17) is 0 Å². The van der Waals surface area contributed by atoms with Gasteiger partial charge in [-0.3, -0.25) is 4.79 Å². The molecule has 7 heteroatoms. The Kier molecular flexibility index (Phi) is 5.34. The topological polar surface area (TPSA) is 51.0 Å². The van der Waals surface area contributed by atoms with Crippen molar-refractivity contribution in [2.75, 3.05) is 7.05 Å². The van der Waals surface area contributed by atoms with E-state index in [1.54, 1.807) is 4.68 Å². The van der Waals surface area contributed by atoms with Crippen LogP contribution in [-0.2, 0) is 6.54 Å². The van der Waals surface area contributed by atoms with Crippen molar-refractivity contribution in [1.29, 1.82) is 0 Å². The molecule has 1 aromatic heterocycles. The van der Waals surface area contributed by atoms with Gasteiger partial charge in [-0.25, -0.2) is 18.4 Å². The zero-order chi connectivity index (χ0) is 21.1. The Bertz CT molecular complexity index is 1120. The summed E-state index contributed by atoms with van der Waals surface area (Å²) in [4.78, 5) is 18.7. The molecule has 0 radical (unpaired) electrons. The van der Waals surface area contributed by atoms with Crippen LogP contribution in [0.3, 0.4) is 0 Å². The maximum absolute atomic E-state index is 14.0. The number of amides is 1. The third-order valence-electron chi connectivity index (χ3n) is 4.60. The highest BCUT2D eigenvalue weighted by atomic mass is 19.1. The first-order valence-electron chi connectivity index (χ1n) is 9.30. The van der Waals surface area contributed by atoms with Crippen LogP contribution < -0.4 is 0 Å². The van der Waals surface area contributed by atoms with E-state index in [0.29, 0.717) is 5.82 Å². The highest BCUT2D eigenvalue weighted by Crippen LogP contribution is 2.22. The van der Waals surface area contributed by atoms with Gasteiger partial charge >= 0.3 is 0 Å². The average molecular weight is 404 g/mol. The fourth-order valence-electron chi connectivity index (χ4n) is 3.07. The van der Waals surface area contributed by atoms with E-state index in [1.165, 1.54) is 18.0 Å². The smallest absolute Gasteiger partial charge is 0.293 e. The maximum Gasteiger partial charge on any atom is 0.293 e. The lowest BCUT2D eigenvalue weighted by molar-refractivity contribution is 0.0772. The molecule has 1 heterocycles. The molecule has 0 aliphatic rings. The molecule has 0 bridgehead atoms. The number of hydrogen-bond acceptors (Lipinski definition) is 3. The van der Waals surface area contributed by atoms with Crippen LogP contribution >= 0.6 is 0 Å². The second-order valence-electron chi connectivity index (χ2n) is 6.77. The number of benzene rings is 3. The van der Waals surface area contributed by atoms with E-state index in [0.717, 1.165) is 23.4 Å². The summed E-state index contributed by atoms with van der Waals surface area (Å²) in [6.45, 7) is -0.0362. The van der Waals surface area contributed by atoms with E-state index < -0.39 is 17.5 Å². The molecule has 0 aliphatic carbocycles. The quantitative estimate of drug-likeness (QED) is 0.493. The van der Waals surface area contributed by atoms with E-state index in [9.17, 15) is 13.6 Å². The summed E-state index contributed by atoms with van der Waals surface area (Å²) in [7, 11) is 1.52. The molecular formula is C23H18F2N4O.